The van der Waals surface area contributed by atoms with Crippen molar-refractivity contribution in [1.29, 1.82) is 0 Å². The Morgan fingerprint density at radius 3 is 2.56 bits per heavy atom. The molecule has 0 radical (unpaired) electrons. The second-order valence-corrected chi connectivity index (χ2v) is 5.98. The Hall–Kier alpha value is -3.02. The standard InChI is InChI=1S/C19H20FN5/c1-13(2)23-19-24-17(15-4-3-9-21-12-15)10-18(25-19)22-11-14-5-7-16(20)8-6-14/h3-10,12-13H,11H2,1-2H3,(H2,22,23,24,25). The van der Waals surface area contributed by atoms with Gasteiger partial charge in [-0.2, -0.15) is 4.98 Å². The van der Waals surface area contributed by atoms with Crippen LogP contribution in [-0.2, 0) is 6.54 Å². The molecule has 128 valence electrons. The Bertz CT molecular complexity index is 819. The first-order valence-corrected chi connectivity index (χ1v) is 8.14. The zero-order valence-corrected chi connectivity index (χ0v) is 14.2. The van der Waals surface area contributed by atoms with Gasteiger partial charge in [0, 0.05) is 36.6 Å². The van der Waals surface area contributed by atoms with Crippen LogP contribution in [0.25, 0.3) is 11.3 Å². The monoisotopic (exact) mass is 337 g/mol. The smallest absolute Gasteiger partial charge is 0.225 e. The van der Waals surface area contributed by atoms with Gasteiger partial charge in [0.25, 0.3) is 0 Å². The van der Waals surface area contributed by atoms with Crippen molar-refractivity contribution in [3.05, 3.63) is 66.2 Å². The van der Waals surface area contributed by atoms with Gasteiger partial charge >= 0.3 is 0 Å². The van der Waals surface area contributed by atoms with Crippen LogP contribution < -0.4 is 10.6 Å². The van der Waals surface area contributed by atoms with E-state index >= 15 is 0 Å². The van der Waals surface area contributed by atoms with Crippen LogP contribution in [0, 0.1) is 5.82 Å². The molecule has 0 aliphatic heterocycles. The van der Waals surface area contributed by atoms with Crippen molar-refractivity contribution < 1.29 is 4.39 Å². The molecule has 0 unspecified atom stereocenters. The Balaban J connectivity index is 1.85. The van der Waals surface area contributed by atoms with E-state index in [-0.39, 0.29) is 11.9 Å². The summed E-state index contributed by atoms with van der Waals surface area (Å²) in [6, 6.07) is 12.3. The third-order valence-corrected chi connectivity index (χ3v) is 3.49. The lowest BCUT2D eigenvalue weighted by Gasteiger charge is -2.13. The molecule has 2 aromatic heterocycles. The molecular formula is C19H20FN5. The minimum atomic E-state index is -0.243. The van der Waals surface area contributed by atoms with Crippen molar-refractivity contribution in [2.24, 2.45) is 0 Å². The molecule has 3 aromatic rings. The van der Waals surface area contributed by atoms with Crippen LogP contribution in [0.5, 0.6) is 0 Å². The van der Waals surface area contributed by atoms with E-state index in [0.717, 1.165) is 16.8 Å². The highest BCUT2D eigenvalue weighted by Crippen LogP contribution is 2.21. The summed E-state index contributed by atoms with van der Waals surface area (Å²) in [5, 5.41) is 6.50. The van der Waals surface area contributed by atoms with E-state index in [1.807, 2.05) is 32.0 Å². The number of rotatable bonds is 6. The van der Waals surface area contributed by atoms with Gasteiger partial charge in [-0.25, -0.2) is 9.37 Å². The highest BCUT2D eigenvalue weighted by Gasteiger charge is 2.08. The second-order valence-electron chi connectivity index (χ2n) is 5.98. The first kappa shape index (κ1) is 16.8. The maximum Gasteiger partial charge on any atom is 0.225 e. The van der Waals surface area contributed by atoms with Crippen molar-refractivity contribution in [1.82, 2.24) is 15.0 Å². The predicted molar refractivity (Wildman–Crippen MR) is 97.7 cm³/mol. The number of halogens is 1. The predicted octanol–water partition coefficient (Wildman–Crippen LogP) is 4.11. The van der Waals surface area contributed by atoms with E-state index in [0.29, 0.717) is 18.3 Å². The average Bonchev–Trinajstić information content (AvgIpc) is 2.61. The molecule has 0 spiro atoms. The van der Waals surface area contributed by atoms with Crippen LogP contribution in [0.2, 0.25) is 0 Å². The van der Waals surface area contributed by atoms with Gasteiger partial charge in [-0.3, -0.25) is 4.98 Å². The van der Waals surface area contributed by atoms with E-state index in [9.17, 15) is 4.39 Å². The molecule has 0 aliphatic carbocycles. The van der Waals surface area contributed by atoms with Crippen LogP contribution >= 0.6 is 0 Å². The molecule has 2 heterocycles. The highest BCUT2D eigenvalue weighted by molar-refractivity contribution is 5.63. The lowest BCUT2D eigenvalue weighted by atomic mass is 10.2. The van der Waals surface area contributed by atoms with Crippen molar-refractivity contribution in [3.8, 4) is 11.3 Å². The van der Waals surface area contributed by atoms with Crippen molar-refractivity contribution in [2.75, 3.05) is 10.6 Å². The van der Waals surface area contributed by atoms with Crippen LogP contribution in [0.15, 0.2) is 54.9 Å². The number of nitrogens with one attached hydrogen (secondary N) is 2. The third-order valence-electron chi connectivity index (χ3n) is 3.49. The number of hydrogen-bond acceptors (Lipinski definition) is 5. The van der Waals surface area contributed by atoms with E-state index in [1.165, 1.54) is 12.1 Å². The Labute approximate surface area is 146 Å². The lowest BCUT2D eigenvalue weighted by molar-refractivity contribution is 0.627. The molecule has 0 fully saturated rings. The Morgan fingerprint density at radius 1 is 1.08 bits per heavy atom. The minimum Gasteiger partial charge on any atom is -0.366 e. The zero-order chi connectivity index (χ0) is 17.6. The van der Waals surface area contributed by atoms with Crippen LogP contribution in [0.1, 0.15) is 19.4 Å². The van der Waals surface area contributed by atoms with Crippen molar-refractivity contribution in [2.45, 2.75) is 26.4 Å². The maximum absolute atomic E-state index is 13.0. The summed E-state index contributed by atoms with van der Waals surface area (Å²) in [5.41, 5.74) is 2.68. The largest absolute Gasteiger partial charge is 0.366 e. The van der Waals surface area contributed by atoms with Crippen LogP contribution in [-0.4, -0.2) is 21.0 Å². The van der Waals surface area contributed by atoms with Crippen molar-refractivity contribution >= 4 is 11.8 Å². The van der Waals surface area contributed by atoms with Gasteiger partial charge in [0.2, 0.25) is 5.95 Å². The van der Waals surface area contributed by atoms with Gasteiger partial charge in [-0.05, 0) is 43.7 Å². The van der Waals surface area contributed by atoms with Gasteiger partial charge in [-0.15, -0.1) is 0 Å². The number of benzene rings is 1. The summed E-state index contributed by atoms with van der Waals surface area (Å²) < 4.78 is 13.0. The molecule has 3 rings (SSSR count). The van der Waals surface area contributed by atoms with E-state index in [4.69, 9.17) is 0 Å². The fourth-order valence-corrected chi connectivity index (χ4v) is 2.32. The third kappa shape index (κ3) is 4.73. The summed E-state index contributed by atoms with van der Waals surface area (Å²) in [5.74, 6) is 1.01. The average molecular weight is 337 g/mol. The molecule has 5 nitrogen and oxygen atoms in total. The van der Waals surface area contributed by atoms with Gasteiger partial charge in [0.15, 0.2) is 0 Å². The lowest BCUT2D eigenvalue weighted by Crippen LogP contribution is -2.14. The molecule has 0 saturated carbocycles. The molecule has 0 amide bonds. The Kier molecular flexibility index (Phi) is 5.18. The zero-order valence-electron chi connectivity index (χ0n) is 14.2. The van der Waals surface area contributed by atoms with E-state index in [2.05, 4.69) is 25.6 Å². The molecule has 0 atom stereocenters. The van der Waals surface area contributed by atoms with Gasteiger partial charge < -0.3 is 10.6 Å². The first-order chi connectivity index (χ1) is 12.1. The summed E-state index contributed by atoms with van der Waals surface area (Å²) in [6.07, 6.45) is 3.50. The summed E-state index contributed by atoms with van der Waals surface area (Å²) >= 11 is 0. The van der Waals surface area contributed by atoms with Crippen LogP contribution in [0.4, 0.5) is 16.2 Å². The SMILES string of the molecule is CC(C)Nc1nc(NCc2ccc(F)cc2)cc(-c2cccnc2)n1. The van der Waals surface area contributed by atoms with E-state index in [1.54, 1.807) is 24.5 Å². The summed E-state index contributed by atoms with van der Waals surface area (Å²) in [6.45, 7) is 4.61. The molecule has 0 saturated heterocycles. The topological polar surface area (TPSA) is 62.7 Å². The number of aromatic nitrogens is 3. The fraction of sp³-hybridized carbons (Fsp3) is 0.211. The maximum atomic E-state index is 13.0. The minimum absolute atomic E-state index is 0.217. The molecule has 2 N–H and O–H groups in total. The highest BCUT2D eigenvalue weighted by atomic mass is 19.1. The van der Waals surface area contributed by atoms with E-state index < -0.39 is 0 Å². The molecule has 1 aromatic carbocycles. The van der Waals surface area contributed by atoms with Crippen molar-refractivity contribution in [3.63, 3.8) is 0 Å². The normalized spacial score (nSPS) is 10.7. The molecule has 6 heteroatoms. The number of nitrogens with zero attached hydrogens (tertiary/aromatic N) is 3. The number of anilines is 2. The molecule has 0 aliphatic rings. The quantitative estimate of drug-likeness (QED) is 0.709. The van der Waals surface area contributed by atoms with Gasteiger partial charge in [-0.1, -0.05) is 12.1 Å². The first-order valence-electron chi connectivity index (χ1n) is 8.14. The van der Waals surface area contributed by atoms with Gasteiger partial charge in [0.05, 0.1) is 5.69 Å². The second kappa shape index (κ2) is 7.70. The molecular weight excluding hydrogens is 317 g/mol. The van der Waals surface area contributed by atoms with Crippen LogP contribution in [0.3, 0.4) is 0 Å². The Morgan fingerprint density at radius 2 is 1.88 bits per heavy atom. The summed E-state index contributed by atoms with van der Waals surface area (Å²) in [4.78, 5) is 13.2. The molecule has 0 bridgehead atoms. The number of pyridine rings is 1. The fourth-order valence-electron chi connectivity index (χ4n) is 2.32. The van der Waals surface area contributed by atoms with Gasteiger partial charge in [0.1, 0.15) is 11.6 Å². The molecule has 25 heavy (non-hydrogen) atoms. The summed E-state index contributed by atoms with van der Waals surface area (Å²) in [7, 11) is 0. The number of hydrogen-bond donors (Lipinski definition) is 2.